The van der Waals surface area contributed by atoms with Gasteiger partial charge >= 0.3 is 5.69 Å². The Kier molecular flexibility index (Phi) is 9.18. The third-order valence-corrected chi connectivity index (χ3v) is 10.7. The summed E-state index contributed by atoms with van der Waals surface area (Å²) in [6, 6.07) is 16.8. The summed E-state index contributed by atoms with van der Waals surface area (Å²) in [4.78, 5) is 39.6. The van der Waals surface area contributed by atoms with Gasteiger partial charge in [-0.2, -0.15) is 0 Å². The predicted octanol–water partition coefficient (Wildman–Crippen LogP) is 6.43. The van der Waals surface area contributed by atoms with Crippen LogP contribution in [0.2, 0.25) is 0 Å². The number of imidazole rings is 1. The minimum absolute atomic E-state index is 0.0436. The highest BCUT2D eigenvalue weighted by Crippen LogP contribution is 2.34. The Morgan fingerprint density at radius 2 is 1.81 bits per heavy atom. The molecule has 1 atom stereocenters. The number of aromatic nitrogens is 5. The van der Waals surface area contributed by atoms with Crippen LogP contribution in [-0.4, -0.2) is 59.3 Å². The van der Waals surface area contributed by atoms with E-state index in [-0.39, 0.29) is 34.7 Å². The fourth-order valence-corrected chi connectivity index (χ4v) is 7.94. The lowest BCUT2D eigenvalue weighted by Gasteiger charge is -2.33. The fourth-order valence-electron chi connectivity index (χ4n) is 7.94. The monoisotopic (exact) mass is 706 g/mol. The van der Waals surface area contributed by atoms with Crippen LogP contribution >= 0.6 is 0 Å². The summed E-state index contributed by atoms with van der Waals surface area (Å²) < 4.78 is 38.3. The first-order valence-corrected chi connectivity index (χ1v) is 17.9. The third-order valence-electron chi connectivity index (χ3n) is 10.7. The number of benzene rings is 2. The lowest BCUT2D eigenvalue weighted by atomic mass is 9.83. The molecule has 1 saturated carbocycles. The SMILES string of the molecule is C[C@@H]1COCCN1Cc1cc(O)ccc1-c1cccc(-n2c(=O)n(C3CCC(CCc4cn5cc(F)ccc5n4)CC3)c(=O)c3cc(F)cnc32)c1. The number of aromatic hydroxyl groups is 1. The van der Waals surface area contributed by atoms with E-state index in [2.05, 4.69) is 21.8 Å². The predicted molar refractivity (Wildman–Crippen MR) is 194 cm³/mol. The highest BCUT2D eigenvalue weighted by Gasteiger charge is 2.28. The Morgan fingerprint density at radius 3 is 2.63 bits per heavy atom. The molecule has 0 unspecified atom stereocenters. The van der Waals surface area contributed by atoms with Gasteiger partial charge in [-0.1, -0.05) is 18.2 Å². The van der Waals surface area contributed by atoms with E-state index in [0.717, 1.165) is 66.9 Å². The van der Waals surface area contributed by atoms with Crippen LogP contribution in [0.25, 0.3) is 33.5 Å². The standard InChI is InChI=1S/C40H40F2N6O4/c1-25-24-52-16-15-45(25)21-28-18-34(49)12-13-35(28)27-3-2-4-33(17-27)47-38-36(19-30(42)20-43-38)39(50)48(40(47)51)32-10-6-26(7-11-32)5-9-31-23-46-22-29(41)8-14-37(46)44-31/h2-4,8,12-14,17-20,22-23,25-26,32,49H,5-7,9-11,15-16,21,24H2,1H3/t25-,26?,32?/m1/s1. The van der Waals surface area contributed by atoms with Crippen LogP contribution in [0.15, 0.2) is 88.8 Å². The lowest BCUT2D eigenvalue weighted by molar-refractivity contribution is -0.00431. The van der Waals surface area contributed by atoms with E-state index in [1.54, 1.807) is 28.7 Å². The first kappa shape index (κ1) is 33.9. The Morgan fingerprint density at radius 1 is 0.962 bits per heavy atom. The van der Waals surface area contributed by atoms with Crippen molar-refractivity contribution in [1.29, 1.82) is 0 Å². The molecule has 1 saturated heterocycles. The molecule has 0 bridgehead atoms. The van der Waals surface area contributed by atoms with Crippen molar-refractivity contribution in [3.05, 3.63) is 123 Å². The van der Waals surface area contributed by atoms with Crippen LogP contribution in [0.5, 0.6) is 5.75 Å². The van der Waals surface area contributed by atoms with Crippen LogP contribution in [0.4, 0.5) is 8.78 Å². The minimum Gasteiger partial charge on any atom is -0.508 e. The van der Waals surface area contributed by atoms with E-state index in [0.29, 0.717) is 49.9 Å². The van der Waals surface area contributed by atoms with Crippen LogP contribution in [0.1, 0.15) is 56.3 Å². The molecule has 52 heavy (non-hydrogen) atoms. The van der Waals surface area contributed by atoms with Crippen LogP contribution < -0.4 is 11.2 Å². The number of hydrogen-bond donors (Lipinski definition) is 1. The molecule has 0 amide bonds. The van der Waals surface area contributed by atoms with Crippen molar-refractivity contribution in [2.24, 2.45) is 5.92 Å². The van der Waals surface area contributed by atoms with E-state index in [1.165, 1.54) is 21.4 Å². The van der Waals surface area contributed by atoms with Gasteiger partial charge in [0, 0.05) is 37.6 Å². The molecule has 10 nitrogen and oxygen atoms in total. The molecule has 0 spiro atoms. The summed E-state index contributed by atoms with van der Waals surface area (Å²) in [6.07, 6.45) is 8.83. The molecule has 2 aliphatic rings. The second-order valence-corrected chi connectivity index (χ2v) is 14.2. The minimum atomic E-state index is -0.653. The van der Waals surface area contributed by atoms with Gasteiger partial charge in [-0.05, 0) is 111 Å². The molecule has 0 radical (unpaired) electrons. The number of morpholine rings is 1. The number of hydrogen-bond acceptors (Lipinski definition) is 7. The topological polar surface area (TPSA) is 107 Å². The molecule has 8 rings (SSSR count). The molecular weight excluding hydrogens is 666 g/mol. The molecule has 6 aromatic rings. The van der Waals surface area contributed by atoms with E-state index in [4.69, 9.17) is 4.74 Å². The number of fused-ring (bicyclic) bond motifs is 2. The van der Waals surface area contributed by atoms with Gasteiger partial charge in [-0.15, -0.1) is 0 Å². The normalized spacial score (nSPS) is 19.8. The summed E-state index contributed by atoms with van der Waals surface area (Å²) >= 11 is 0. The summed E-state index contributed by atoms with van der Waals surface area (Å²) in [5.74, 6) is -0.422. The number of rotatable bonds is 8. The fraction of sp³-hybridized carbons (Fsp3) is 0.350. The molecule has 1 N–H and O–H groups in total. The van der Waals surface area contributed by atoms with Crippen LogP contribution in [-0.2, 0) is 17.7 Å². The molecule has 2 fully saturated rings. The molecule has 5 heterocycles. The molecular formula is C40H40F2N6O4. The highest BCUT2D eigenvalue weighted by molar-refractivity contribution is 5.77. The molecule has 1 aliphatic heterocycles. The van der Waals surface area contributed by atoms with Crippen LogP contribution in [0.3, 0.4) is 0 Å². The highest BCUT2D eigenvalue weighted by atomic mass is 19.1. The van der Waals surface area contributed by atoms with E-state index in [1.807, 2.05) is 30.5 Å². The molecule has 12 heteroatoms. The van der Waals surface area contributed by atoms with Crippen molar-refractivity contribution in [3.8, 4) is 22.6 Å². The van der Waals surface area contributed by atoms with Crippen molar-refractivity contribution >= 4 is 16.7 Å². The largest absolute Gasteiger partial charge is 0.508 e. The maximum Gasteiger partial charge on any atom is 0.337 e. The van der Waals surface area contributed by atoms with E-state index >= 15 is 0 Å². The van der Waals surface area contributed by atoms with Crippen molar-refractivity contribution in [3.63, 3.8) is 0 Å². The van der Waals surface area contributed by atoms with E-state index in [9.17, 15) is 23.5 Å². The maximum absolute atomic E-state index is 14.6. The average molecular weight is 707 g/mol. The Labute approximate surface area is 298 Å². The van der Waals surface area contributed by atoms with Crippen LogP contribution in [0, 0.1) is 17.6 Å². The zero-order valence-corrected chi connectivity index (χ0v) is 28.9. The first-order chi connectivity index (χ1) is 25.2. The van der Waals surface area contributed by atoms with Crippen molar-refractivity contribution in [1.82, 2.24) is 28.4 Å². The zero-order valence-electron chi connectivity index (χ0n) is 28.9. The molecule has 2 aromatic carbocycles. The number of pyridine rings is 2. The van der Waals surface area contributed by atoms with Gasteiger partial charge in [0.1, 0.15) is 23.0 Å². The second kappa shape index (κ2) is 14.1. The van der Waals surface area contributed by atoms with E-state index < -0.39 is 17.1 Å². The number of ether oxygens (including phenoxy) is 1. The smallest absolute Gasteiger partial charge is 0.337 e. The van der Waals surface area contributed by atoms with Gasteiger partial charge in [-0.3, -0.25) is 14.3 Å². The Balaban J connectivity index is 1.09. The number of nitrogens with zero attached hydrogens (tertiary/aromatic N) is 6. The number of phenols is 1. The van der Waals surface area contributed by atoms with Crippen molar-refractivity contribution in [2.45, 2.75) is 64.1 Å². The third kappa shape index (κ3) is 6.64. The molecule has 268 valence electrons. The van der Waals surface area contributed by atoms with Gasteiger partial charge in [0.2, 0.25) is 0 Å². The summed E-state index contributed by atoms with van der Waals surface area (Å²) in [6.45, 7) is 4.77. The molecule has 1 aliphatic carbocycles. The Hall–Kier alpha value is -5.20. The van der Waals surface area contributed by atoms with Gasteiger partial charge in [-0.25, -0.2) is 28.1 Å². The second-order valence-electron chi connectivity index (χ2n) is 14.2. The van der Waals surface area contributed by atoms with Crippen molar-refractivity contribution in [2.75, 3.05) is 19.8 Å². The number of halogens is 2. The average Bonchev–Trinajstić information content (AvgIpc) is 3.55. The zero-order chi connectivity index (χ0) is 35.9. The first-order valence-electron chi connectivity index (χ1n) is 17.9. The summed E-state index contributed by atoms with van der Waals surface area (Å²) in [5.41, 5.74) is 3.80. The lowest BCUT2D eigenvalue weighted by Crippen LogP contribution is -2.43. The van der Waals surface area contributed by atoms with Gasteiger partial charge < -0.3 is 14.2 Å². The summed E-state index contributed by atoms with van der Waals surface area (Å²) in [5, 5.41) is 10.5. The summed E-state index contributed by atoms with van der Waals surface area (Å²) in [7, 11) is 0. The Bertz CT molecular complexity index is 2400. The molecule has 4 aromatic heterocycles. The quantitative estimate of drug-likeness (QED) is 0.195. The maximum atomic E-state index is 14.6. The van der Waals surface area contributed by atoms with Crippen molar-refractivity contribution < 1.29 is 18.6 Å². The number of phenolic OH excluding ortho intramolecular Hbond substituents is 1. The van der Waals surface area contributed by atoms with Gasteiger partial charge in [0.25, 0.3) is 5.56 Å². The number of aryl methyl sites for hydroxylation is 1. The van der Waals surface area contributed by atoms with Gasteiger partial charge in [0.15, 0.2) is 5.65 Å². The van der Waals surface area contributed by atoms with Gasteiger partial charge in [0.05, 0.1) is 36.2 Å².